The molecule has 3 heteroatoms. The van der Waals surface area contributed by atoms with Crippen molar-refractivity contribution in [2.75, 3.05) is 0 Å². The fraction of sp³-hybridized carbons (Fsp3) is 0.312. The van der Waals surface area contributed by atoms with Crippen LogP contribution in [0.3, 0.4) is 0 Å². The summed E-state index contributed by atoms with van der Waals surface area (Å²) in [6, 6.07) is 7.86. The normalized spacial score (nSPS) is 11.6. The molecular weight excluding hydrogens is 241 g/mol. The molecule has 0 saturated carbocycles. The van der Waals surface area contributed by atoms with Gasteiger partial charge in [-0.05, 0) is 48.2 Å². The maximum atomic E-state index is 12.9. The van der Waals surface area contributed by atoms with Crippen molar-refractivity contribution in [2.45, 2.75) is 33.1 Å². The van der Waals surface area contributed by atoms with E-state index in [1.54, 1.807) is 22.9 Å². The number of aryl methyl sites for hydroxylation is 1. The molecule has 0 spiro atoms. The van der Waals surface area contributed by atoms with E-state index < -0.39 is 0 Å². The van der Waals surface area contributed by atoms with Crippen molar-refractivity contribution in [1.29, 1.82) is 0 Å². The van der Waals surface area contributed by atoms with Crippen LogP contribution in [0.5, 0.6) is 0 Å². The summed E-state index contributed by atoms with van der Waals surface area (Å²) >= 11 is 0. The SMILES string of the molecule is Cc1ccn(-c2ccc(F)cc2)c(=O)c1C(C)(C)C. The highest BCUT2D eigenvalue weighted by Gasteiger charge is 2.21. The number of halogens is 1. The van der Waals surface area contributed by atoms with E-state index in [1.807, 2.05) is 33.8 Å². The van der Waals surface area contributed by atoms with Crippen LogP contribution in [-0.2, 0) is 5.41 Å². The summed E-state index contributed by atoms with van der Waals surface area (Å²) < 4.78 is 14.5. The van der Waals surface area contributed by atoms with Gasteiger partial charge in [0, 0.05) is 17.4 Å². The number of hydrogen-bond acceptors (Lipinski definition) is 1. The molecule has 1 heterocycles. The van der Waals surface area contributed by atoms with Crippen LogP contribution in [-0.4, -0.2) is 4.57 Å². The van der Waals surface area contributed by atoms with Crippen LogP contribution in [0.25, 0.3) is 5.69 Å². The van der Waals surface area contributed by atoms with E-state index in [1.165, 1.54) is 12.1 Å². The van der Waals surface area contributed by atoms with E-state index in [-0.39, 0.29) is 16.8 Å². The minimum atomic E-state index is -0.306. The van der Waals surface area contributed by atoms with Gasteiger partial charge in [-0.1, -0.05) is 20.8 Å². The lowest BCUT2D eigenvalue weighted by Crippen LogP contribution is -2.30. The number of pyridine rings is 1. The molecule has 0 saturated heterocycles. The molecule has 0 radical (unpaired) electrons. The Morgan fingerprint density at radius 1 is 1.05 bits per heavy atom. The third-order valence-corrected chi connectivity index (χ3v) is 3.16. The van der Waals surface area contributed by atoms with Crippen molar-refractivity contribution in [3.05, 3.63) is 63.8 Å². The van der Waals surface area contributed by atoms with Gasteiger partial charge in [0.05, 0.1) is 0 Å². The number of rotatable bonds is 1. The second-order valence-corrected chi connectivity index (χ2v) is 5.78. The molecule has 2 rings (SSSR count). The van der Waals surface area contributed by atoms with Gasteiger partial charge in [-0.2, -0.15) is 0 Å². The standard InChI is InChI=1S/C16H18FNO/c1-11-9-10-18(13-7-5-12(17)6-8-13)15(19)14(11)16(2,3)4/h5-10H,1-4H3. The first-order valence-corrected chi connectivity index (χ1v) is 6.29. The second kappa shape index (κ2) is 4.65. The molecule has 2 aromatic rings. The number of aromatic nitrogens is 1. The van der Waals surface area contributed by atoms with Crippen molar-refractivity contribution < 1.29 is 4.39 Å². The van der Waals surface area contributed by atoms with E-state index in [0.717, 1.165) is 11.1 Å². The molecule has 2 nitrogen and oxygen atoms in total. The van der Waals surface area contributed by atoms with Crippen LogP contribution < -0.4 is 5.56 Å². The Hall–Kier alpha value is -1.90. The Morgan fingerprint density at radius 3 is 2.16 bits per heavy atom. The Kier molecular flexibility index (Phi) is 3.31. The number of hydrogen-bond donors (Lipinski definition) is 0. The molecule has 0 aliphatic heterocycles. The summed E-state index contributed by atoms with van der Waals surface area (Å²) in [7, 11) is 0. The predicted octanol–water partition coefficient (Wildman–Crippen LogP) is 3.58. The lowest BCUT2D eigenvalue weighted by Gasteiger charge is -2.22. The van der Waals surface area contributed by atoms with E-state index in [4.69, 9.17) is 0 Å². The van der Waals surface area contributed by atoms with Crippen molar-refractivity contribution >= 4 is 0 Å². The zero-order chi connectivity index (χ0) is 14.2. The van der Waals surface area contributed by atoms with Gasteiger partial charge in [0.15, 0.2) is 0 Å². The van der Waals surface area contributed by atoms with Crippen molar-refractivity contribution in [1.82, 2.24) is 4.57 Å². The Bertz CT molecular complexity index is 648. The van der Waals surface area contributed by atoms with Crippen molar-refractivity contribution in [3.8, 4) is 5.69 Å². The van der Waals surface area contributed by atoms with Gasteiger partial charge in [0.25, 0.3) is 5.56 Å². The van der Waals surface area contributed by atoms with E-state index >= 15 is 0 Å². The molecule has 100 valence electrons. The fourth-order valence-corrected chi connectivity index (χ4v) is 2.34. The van der Waals surface area contributed by atoms with Crippen molar-refractivity contribution in [2.24, 2.45) is 0 Å². The van der Waals surface area contributed by atoms with Gasteiger partial charge in [-0.25, -0.2) is 4.39 Å². The van der Waals surface area contributed by atoms with Crippen LogP contribution in [0.1, 0.15) is 31.9 Å². The van der Waals surface area contributed by atoms with Gasteiger partial charge < -0.3 is 0 Å². The lowest BCUT2D eigenvalue weighted by atomic mass is 9.85. The molecule has 0 aliphatic rings. The van der Waals surface area contributed by atoms with Gasteiger partial charge in [0.1, 0.15) is 5.82 Å². The summed E-state index contributed by atoms with van der Waals surface area (Å²) in [5.41, 5.74) is 2.19. The molecule has 0 fully saturated rings. The predicted molar refractivity (Wildman–Crippen MR) is 75.4 cm³/mol. The smallest absolute Gasteiger partial charge is 0.259 e. The van der Waals surface area contributed by atoms with Crippen LogP contribution >= 0.6 is 0 Å². The average molecular weight is 259 g/mol. The van der Waals surface area contributed by atoms with Crippen LogP contribution in [0.15, 0.2) is 41.3 Å². The molecule has 0 unspecified atom stereocenters. The van der Waals surface area contributed by atoms with Gasteiger partial charge in [0.2, 0.25) is 0 Å². The molecule has 0 atom stereocenters. The zero-order valence-corrected chi connectivity index (χ0v) is 11.7. The van der Waals surface area contributed by atoms with Crippen LogP contribution in [0, 0.1) is 12.7 Å². The third kappa shape index (κ3) is 2.60. The minimum Gasteiger partial charge on any atom is -0.284 e. The molecule has 1 aromatic heterocycles. The highest BCUT2D eigenvalue weighted by Crippen LogP contribution is 2.22. The highest BCUT2D eigenvalue weighted by molar-refractivity contribution is 5.37. The maximum absolute atomic E-state index is 12.9. The Morgan fingerprint density at radius 2 is 1.63 bits per heavy atom. The minimum absolute atomic E-state index is 0.0425. The van der Waals surface area contributed by atoms with E-state index in [2.05, 4.69) is 0 Å². The van der Waals surface area contributed by atoms with Gasteiger partial charge >= 0.3 is 0 Å². The summed E-state index contributed by atoms with van der Waals surface area (Å²) in [4.78, 5) is 12.6. The first-order valence-electron chi connectivity index (χ1n) is 6.29. The highest BCUT2D eigenvalue weighted by atomic mass is 19.1. The third-order valence-electron chi connectivity index (χ3n) is 3.16. The van der Waals surface area contributed by atoms with Crippen LogP contribution in [0.4, 0.5) is 4.39 Å². The second-order valence-electron chi connectivity index (χ2n) is 5.78. The summed E-state index contributed by atoms with van der Waals surface area (Å²) in [6.45, 7) is 8.00. The van der Waals surface area contributed by atoms with Crippen molar-refractivity contribution in [3.63, 3.8) is 0 Å². The molecule has 0 N–H and O–H groups in total. The summed E-state index contributed by atoms with van der Waals surface area (Å²) in [6.07, 6.45) is 1.74. The van der Waals surface area contributed by atoms with Crippen LogP contribution in [0.2, 0.25) is 0 Å². The Labute approximate surface area is 112 Å². The number of benzene rings is 1. The van der Waals surface area contributed by atoms with Gasteiger partial charge in [-0.3, -0.25) is 9.36 Å². The first kappa shape index (κ1) is 13.5. The molecular formula is C16H18FNO. The monoisotopic (exact) mass is 259 g/mol. The molecule has 0 bridgehead atoms. The molecule has 0 aliphatic carbocycles. The summed E-state index contributed by atoms with van der Waals surface area (Å²) in [5, 5.41) is 0. The first-order chi connectivity index (χ1) is 8.80. The fourth-order valence-electron chi connectivity index (χ4n) is 2.34. The lowest BCUT2D eigenvalue weighted by molar-refractivity contribution is 0.572. The Balaban J connectivity index is 2.67. The molecule has 19 heavy (non-hydrogen) atoms. The van der Waals surface area contributed by atoms with E-state index in [0.29, 0.717) is 5.69 Å². The molecule has 0 amide bonds. The number of nitrogens with zero attached hydrogens (tertiary/aromatic N) is 1. The maximum Gasteiger partial charge on any atom is 0.259 e. The summed E-state index contributed by atoms with van der Waals surface area (Å²) in [5.74, 6) is -0.306. The topological polar surface area (TPSA) is 22.0 Å². The quantitative estimate of drug-likeness (QED) is 0.767. The molecule has 1 aromatic carbocycles. The van der Waals surface area contributed by atoms with E-state index in [9.17, 15) is 9.18 Å². The zero-order valence-electron chi connectivity index (χ0n) is 11.7. The largest absolute Gasteiger partial charge is 0.284 e. The average Bonchev–Trinajstić information content (AvgIpc) is 2.29. The van der Waals surface area contributed by atoms with Gasteiger partial charge in [-0.15, -0.1) is 0 Å².